The lowest BCUT2D eigenvalue weighted by Crippen LogP contribution is -1.76. The predicted octanol–water partition coefficient (Wildman–Crippen LogP) is 5.17. The number of benzene rings is 2. The van der Waals surface area contributed by atoms with Gasteiger partial charge in [-0.15, -0.1) is 0 Å². The van der Waals surface area contributed by atoms with E-state index in [-0.39, 0.29) is 0 Å². The molecular formula is C15H11BrO. The number of fused-ring (bicyclic) bond motifs is 1. The van der Waals surface area contributed by atoms with E-state index in [1.54, 1.807) is 0 Å². The summed E-state index contributed by atoms with van der Waals surface area (Å²) in [5.41, 5.74) is 4.41. The molecule has 3 rings (SSSR count). The fourth-order valence-corrected chi connectivity index (χ4v) is 2.71. The third-order valence-corrected chi connectivity index (χ3v) is 3.49. The van der Waals surface area contributed by atoms with E-state index < -0.39 is 0 Å². The van der Waals surface area contributed by atoms with E-state index in [1.807, 2.05) is 18.2 Å². The van der Waals surface area contributed by atoms with E-state index >= 15 is 0 Å². The molecule has 0 amide bonds. The summed E-state index contributed by atoms with van der Waals surface area (Å²) in [6.45, 7) is 2.06. The van der Waals surface area contributed by atoms with Crippen LogP contribution in [-0.4, -0.2) is 0 Å². The van der Waals surface area contributed by atoms with Crippen molar-refractivity contribution in [1.29, 1.82) is 0 Å². The maximum Gasteiger partial charge on any atom is 0.178 e. The predicted molar refractivity (Wildman–Crippen MR) is 74.1 cm³/mol. The Bertz CT molecular complexity index is 668. The summed E-state index contributed by atoms with van der Waals surface area (Å²) in [5, 5.41) is 1.16. The molecule has 2 aromatic carbocycles. The minimum atomic E-state index is 0.799. The molecule has 0 N–H and O–H groups in total. The molecule has 17 heavy (non-hydrogen) atoms. The lowest BCUT2D eigenvalue weighted by molar-refractivity contribution is 0.586. The Kier molecular flexibility index (Phi) is 2.52. The first kappa shape index (κ1) is 10.6. The molecule has 1 nitrogen and oxygen atoms in total. The van der Waals surface area contributed by atoms with Gasteiger partial charge in [-0.2, -0.15) is 0 Å². The van der Waals surface area contributed by atoms with Crippen LogP contribution in [0.1, 0.15) is 5.56 Å². The van der Waals surface area contributed by atoms with Crippen LogP contribution in [0.2, 0.25) is 0 Å². The number of para-hydroxylation sites is 1. The molecule has 84 valence electrons. The summed E-state index contributed by atoms with van der Waals surface area (Å²) < 4.78 is 6.60. The molecule has 3 aromatic rings. The molecule has 2 heteroatoms. The second-order valence-electron chi connectivity index (χ2n) is 4.07. The molecule has 0 bridgehead atoms. The van der Waals surface area contributed by atoms with Crippen LogP contribution in [-0.2, 0) is 0 Å². The van der Waals surface area contributed by atoms with E-state index in [0.717, 1.165) is 26.8 Å². The zero-order valence-corrected chi connectivity index (χ0v) is 11.0. The van der Waals surface area contributed by atoms with Crippen LogP contribution in [0.25, 0.3) is 22.1 Å². The summed E-state index contributed by atoms with van der Waals surface area (Å²) in [6.07, 6.45) is 0. The molecule has 0 unspecified atom stereocenters. The van der Waals surface area contributed by atoms with Gasteiger partial charge in [0.05, 0.1) is 0 Å². The van der Waals surface area contributed by atoms with Gasteiger partial charge in [0.25, 0.3) is 0 Å². The Morgan fingerprint density at radius 1 is 0.941 bits per heavy atom. The highest BCUT2D eigenvalue weighted by atomic mass is 79.9. The lowest BCUT2D eigenvalue weighted by Gasteiger charge is -1.99. The van der Waals surface area contributed by atoms with Crippen LogP contribution < -0.4 is 0 Å². The van der Waals surface area contributed by atoms with Gasteiger partial charge in [-0.25, -0.2) is 0 Å². The molecule has 0 aliphatic carbocycles. The number of hydrogen-bond acceptors (Lipinski definition) is 1. The maximum absolute atomic E-state index is 5.80. The van der Waals surface area contributed by atoms with E-state index in [9.17, 15) is 0 Å². The lowest BCUT2D eigenvalue weighted by atomic mass is 10.0. The molecule has 1 heterocycles. The van der Waals surface area contributed by atoms with E-state index in [0.29, 0.717) is 0 Å². The van der Waals surface area contributed by atoms with Crippen molar-refractivity contribution in [2.24, 2.45) is 0 Å². The van der Waals surface area contributed by atoms with E-state index in [4.69, 9.17) is 4.42 Å². The summed E-state index contributed by atoms with van der Waals surface area (Å²) in [6, 6.07) is 16.5. The first-order valence-electron chi connectivity index (χ1n) is 5.50. The molecule has 0 aliphatic heterocycles. The van der Waals surface area contributed by atoms with Gasteiger partial charge in [-0.1, -0.05) is 48.5 Å². The maximum atomic E-state index is 5.80. The first-order valence-corrected chi connectivity index (χ1v) is 6.29. The summed E-state index contributed by atoms with van der Waals surface area (Å²) >= 11 is 3.51. The van der Waals surface area contributed by atoms with Crippen molar-refractivity contribution in [3.8, 4) is 11.1 Å². The highest BCUT2D eigenvalue weighted by molar-refractivity contribution is 9.10. The molecule has 0 spiro atoms. The van der Waals surface area contributed by atoms with Gasteiger partial charge in [-0.05, 0) is 34.0 Å². The third-order valence-electron chi connectivity index (χ3n) is 2.93. The number of halogens is 1. The Balaban J connectivity index is 2.37. The quantitative estimate of drug-likeness (QED) is 0.601. The molecule has 0 saturated heterocycles. The van der Waals surface area contributed by atoms with Gasteiger partial charge in [-0.3, -0.25) is 0 Å². The van der Waals surface area contributed by atoms with Crippen LogP contribution >= 0.6 is 15.9 Å². The van der Waals surface area contributed by atoms with Crippen molar-refractivity contribution >= 4 is 26.9 Å². The van der Waals surface area contributed by atoms with Crippen molar-refractivity contribution in [3.63, 3.8) is 0 Å². The fraction of sp³-hybridized carbons (Fsp3) is 0.0667. The van der Waals surface area contributed by atoms with Crippen molar-refractivity contribution in [1.82, 2.24) is 0 Å². The Labute approximate surface area is 108 Å². The normalized spacial score (nSPS) is 10.9. The Morgan fingerprint density at radius 3 is 2.47 bits per heavy atom. The molecule has 0 radical (unpaired) electrons. The highest BCUT2D eigenvalue weighted by Crippen LogP contribution is 2.38. The van der Waals surface area contributed by atoms with Crippen LogP contribution in [0, 0.1) is 6.92 Å². The molecule has 0 aliphatic rings. The van der Waals surface area contributed by atoms with Crippen molar-refractivity contribution in [2.75, 3.05) is 0 Å². The summed E-state index contributed by atoms with van der Waals surface area (Å²) in [4.78, 5) is 0. The number of hydrogen-bond donors (Lipinski definition) is 0. The molecule has 0 saturated carbocycles. The Morgan fingerprint density at radius 2 is 1.71 bits per heavy atom. The van der Waals surface area contributed by atoms with Gasteiger partial charge in [0.15, 0.2) is 4.67 Å². The second-order valence-corrected chi connectivity index (χ2v) is 4.79. The molecule has 0 atom stereocenters. The van der Waals surface area contributed by atoms with Gasteiger partial charge in [0, 0.05) is 10.9 Å². The molecule has 0 fully saturated rings. The first-order chi connectivity index (χ1) is 8.27. The van der Waals surface area contributed by atoms with Gasteiger partial charge in [0.1, 0.15) is 5.58 Å². The zero-order chi connectivity index (χ0) is 11.8. The van der Waals surface area contributed by atoms with Crippen molar-refractivity contribution < 1.29 is 4.42 Å². The highest BCUT2D eigenvalue weighted by Gasteiger charge is 2.14. The van der Waals surface area contributed by atoms with Gasteiger partial charge >= 0.3 is 0 Å². The SMILES string of the molecule is Cc1cccc2c(-c3ccccc3)c(Br)oc12. The second kappa shape index (κ2) is 4.04. The molecular weight excluding hydrogens is 276 g/mol. The van der Waals surface area contributed by atoms with Crippen LogP contribution in [0.15, 0.2) is 57.6 Å². The van der Waals surface area contributed by atoms with Gasteiger partial charge in [0.2, 0.25) is 0 Å². The average Bonchev–Trinajstić information content (AvgIpc) is 2.68. The van der Waals surface area contributed by atoms with Crippen LogP contribution in [0.5, 0.6) is 0 Å². The number of rotatable bonds is 1. The largest absolute Gasteiger partial charge is 0.448 e. The number of aryl methyl sites for hydroxylation is 1. The average molecular weight is 287 g/mol. The topological polar surface area (TPSA) is 13.1 Å². The smallest absolute Gasteiger partial charge is 0.178 e. The van der Waals surface area contributed by atoms with E-state index in [2.05, 4.69) is 53.2 Å². The standard InChI is InChI=1S/C15H11BrO/c1-10-6-5-9-12-13(15(16)17-14(10)12)11-7-3-2-4-8-11/h2-9H,1H3. The monoisotopic (exact) mass is 286 g/mol. The summed E-state index contributed by atoms with van der Waals surface area (Å²) in [7, 11) is 0. The molecule has 1 aromatic heterocycles. The minimum Gasteiger partial charge on any atom is -0.448 e. The van der Waals surface area contributed by atoms with Gasteiger partial charge < -0.3 is 4.42 Å². The Hall–Kier alpha value is -1.54. The fourth-order valence-electron chi connectivity index (χ4n) is 2.11. The zero-order valence-electron chi connectivity index (χ0n) is 9.41. The van der Waals surface area contributed by atoms with Crippen LogP contribution in [0.3, 0.4) is 0 Å². The number of furan rings is 1. The minimum absolute atomic E-state index is 0.799. The van der Waals surface area contributed by atoms with Crippen molar-refractivity contribution in [2.45, 2.75) is 6.92 Å². The third kappa shape index (κ3) is 1.69. The summed E-state index contributed by atoms with van der Waals surface area (Å²) in [5.74, 6) is 0. The van der Waals surface area contributed by atoms with Crippen LogP contribution in [0.4, 0.5) is 0 Å². The van der Waals surface area contributed by atoms with Crippen molar-refractivity contribution in [3.05, 3.63) is 58.8 Å². The van der Waals surface area contributed by atoms with E-state index in [1.165, 1.54) is 5.56 Å².